The molecule has 0 amide bonds. The maximum absolute atomic E-state index is 10.6. The standard InChI is InChI=1S/C21H23ClN2O2.ClH/c22-17-9-3-6-12-20(17)26-14-16(25)13-24-19-11-5-4-10-18(19)23-21(24)15-7-1-2-8-15;/h3-6,9-12,15-16,25H,1-2,7-8,13-14H2;1H. The first-order chi connectivity index (χ1) is 12.7. The second-order valence-corrected chi connectivity index (χ2v) is 7.35. The maximum atomic E-state index is 10.6. The van der Waals surface area contributed by atoms with Gasteiger partial charge in [0.15, 0.2) is 0 Å². The van der Waals surface area contributed by atoms with Crippen LogP contribution >= 0.6 is 24.0 Å². The number of aliphatic hydroxyl groups excluding tert-OH is 1. The van der Waals surface area contributed by atoms with E-state index in [0.29, 0.717) is 23.2 Å². The van der Waals surface area contributed by atoms with Crippen LogP contribution in [0.2, 0.25) is 5.02 Å². The van der Waals surface area contributed by atoms with Crippen LogP contribution in [0.1, 0.15) is 37.4 Å². The summed E-state index contributed by atoms with van der Waals surface area (Å²) in [7, 11) is 0. The minimum absolute atomic E-state index is 0. The van der Waals surface area contributed by atoms with E-state index in [1.807, 2.05) is 36.4 Å². The molecule has 0 aliphatic heterocycles. The lowest BCUT2D eigenvalue weighted by molar-refractivity contribution is 0.0925. The quantitative estimate of drug-likeness (QED) is 0.610. The van der Waals surface area contributed by atoms with Gasteiger partial charge in [-0.2, -0.15) is 0 Å². The molecule has 3 aromatic rings. The number of nitrogens with zero attached hydrogens (tertiary/aromatic N) is 2. The van der Waals surface area contributed by atoms with Crippen molar-refractivity contribution in [2.24, 2.45) is 0 Å². The van der Waals surface area contributed by atoms with Gasteiger partial charge < -0.3 is 14.4 Å². The molecule has 27 heavy (non-hydrogen) atoms. The number of fused-ring (bicyclic) bond motifs is 1. The van der Waals surface area contributed by atoms with E-state index in [-0.39, 0.29) is 19.0 Å². The average Bonchev–Trinajstić information content (AvgIpc) is 3.29. The highest BCUT2D eigenvalue weighted by Crippen LogP contribution is 2.35. The lowest BCUT2D eigenvalue weighted by Gasteiger charge is -2.18. The minimum atomic E-state index is -0.635. The van der Waals surface area contributed by atoms with Gasteiger partial charge in [0.25, 0.3) is 0 Å². The molecule has 1 fully saturated rings. The molecule has 0 saturated heterocycles. The predicted octanol–water partition coefficient (Wildman–Crippen LogP) is 5.21. The van der Waals surface area contributed by atoms with E-state index in [2.05, 4.69) is 10.6 Å². The van der Waals surface area contributed by atoms with Crippen LogP contribution in [0, 0.1) is 0 Å². The first-order valence-corrected chi connectivity index (χ1v) is 9.60. The van der Waals surface area contributed by atoms with E-state index in [0.717, 1.165) is 16.9 Å². The lowest BCUT2D eigenvalue weighted by atomic mass is 10.1. The van der Waals surface area contributed by atoms with Crippen molar-refractivity contribution >= 4 is 35.0 Å². The smallest absolute Gasteiger partial charge is 0.138 e. The van der Waals surface area contributed by atoms with Crippen LogP contribution < -0.4 is 4.74 Å². The monoisotopic (exact) mass is 406 g/mol. The van der Waals surface area contributed by atoms with Crippen LogP contribution in [-0.4, -0.2) is 27.4 Å². The minimum Gasteiger partial charge on any atom is -0.489 e. The number of rotatable bonds is 6. The summed E-state index contributed by atoms with van der Waals surface area (Å²) in [5, 5.41) is 11.1. The van der Waals surface area contributed by atoms with Gasteiger partial charge in [0.1, 0.15) is 24.3 Å². The SMILES string of the molecule is Cl.OC(COc1ccccc1Cl)Cn1c(C2CCCC2)nc2ccccc21. The molecule has 1 heterocycles. The van der Waals surface area contributed by atoms with Crippen molar-refractivity contribution in [1.82, 2.24) is 9.55 Å². The van der Waals surface area contributed by atoms with E-state index < -0.39 is 6.10 Å². The molecule has 0 spiro atoms. The number of aromatic nitrogens is 2. The summed E-state index contributed by atoms with van der Waals surface area (Å²) in [6, 6.07) is 15.5. The summed E-state index contributed by atoms with van der Waals surface area (Å²) in [6.45, 7) is 0.664. The average molecular weight is 407 g/mol. The van der Waals surface area contributed by atoms with Gasteiger partial charge in [0.2, 0.25) is 0 Å². The van der Waals surface area contributed by atoms with Crippen molar-refractivity contribution in [3.8, 4) is 5.75 Å². The predicted molar refractivity (Wildman–Crippen MR) is 111 cm³/mol. The molecule has 1 unspecified atom stereocenters. The van der Waals surface area contributed by atoms with Gasteiger partial charge >= 0.3 is 0 Å². The first-order valence-electron chi connectivity index (χ1n) is 9.23. The molecule has 1 aliphatic carbocycles. The highest BCUT2D eigenvalue weighted by atomic mass is 35.5. The van der Waals surface area contributed by atoms with E-state index in [4.69, 9.17) is 21.3 Å². The Balaban J connectivity index is 0.00000210. The van der Waals surface area contributed by atoms with Crippen LogP contribution in [0.4, 0.5) is 0 Å². The molecule has 1 saturated carbocycles. The third-order valence-electron chi connectivity index (χ3n) is 5.07. The summed E-state index contributed by atoms with van der Waals surface area (Å²) in [6.07, 6.45) is 4.23. The van der Waals surface area contributed by atoms with Crippen molar-refractivity contribution < 1.29 is 9.84 Å². The fourth-order valence-electron chi connectivity index (χ4n) is 3.79. The highest BCUT2D eigenvalue weighted by Gasteiger charge is 2.24. The Morgan fingerprint density at radius 3 is 2.59 bits per heavy atom. The zero-order valence-corrected chi connectivity index (χ0v) is 16.6. The number of aliphatic hydroxyl groups is 1. The molecule has 0 bridgehead atoms. The molecule has 4 rings (SSSR count). The van der Waals surface area contributed by atoms with E-state index in [1.165, 1.54) is 25.7 Å². The van der Waals surface area contributed by atoms with E-state index in [9.17, 15) is 5.11 Å². The van der Waals surface area contributed by atoms with Crippen molar-refractivity contribution in [3.63, 3.8) is 0 Å². The van der Waals surface area contributed by atoms with Gasteiger partial charge in [-0.3, -0.25) is 0 Å². The molecule has 6 heteroatoms. The zero-order valence-electron chi connectivity index (χ0n) is 15.1. The van der Waals surface area contributed by atoms with Crippen LogP contribution in [-0.2, 0) is 6.54 Å². The van der Waals surface area contributed by atoms with Crippen LogP contribution in [0.15, 0.2) is 48.5 Å². The zero-order chi connectivity index (χ0) is 17.9. The Hall–Kier alpha value is -1.75. The third kappa shape index (κ3) is 4.40. The number of hydrogen-bond donors (Lipinski definition) is 1. The van der Waals surface area contributed by atoms with E-state index >= 15 is 0 Å². The van der Waals surface area contributed by atoms with Gasteiger partial charge in [-0.1, -0.05) is 48.7 Å². The van der Waals surface area contributed by atoms with Crippen molar-refractivity contribution in [2.75, 3.05) is 6.61 Å². The number of para-hydroxylation sites is 3. The van der Waals surface area contributed by atoms with Gasteiger partial charge in [0.05, 0.1) is 22.6 Å². The summed E-state index contributed by atoms with van der Waals surface area (Å²) in [5.41, 5.74) is 2.07. The molecule has 4 nitrogen and oxygen atoms in total. The van der Waals surface area contributed by atoms with Gasteiger partial charge in [-0.15, -0.1) is 12.4 Å². The lowest BCUT2D eigenvalue weighted by Crippen LogP contribution is -2.25. The summed E-state index contributed by atoms with van der Waals surface area (Å²) < 4.78 is 7.88. The van der Waals surface area contributed by atoms with Gasteiger partial charge in [-0.25, -0.2) is 4.98 Å². The van der Waals surface area contributed by atoms with Crippen LogP contribution in [0.25, 0.3) is 11.0 Å². The Labute approximate surface area is 170 Å². The van der Waals surface area contributed by atoms with Gasteiger partial charge in [-0.05, 0) is 37.1 Å². The van der Waals surface area contributed by atoms with Crippen molar-refractivity contribution in [1.29, 1.82) is 0 Å². The molecule has 1 atom stereocenters. The Morgan fingerprint density at radius 1 is 1.11 bits per heavy atom. The second-order valence-electron chi connectivity index (χ2n) is 6.95. The molecule has 1 aliphatic rings. The molecular formula is C21H24Cl2N2O2. The van der Waals surface area contributed by atoms with Crippen LogP contribution in [0.3, 0.4) is 0 Å². The van der Waals surface area contributed by atoms with Crippen molar-refractivity contribution in [2.45, 2.75) is 44.2 Å². The fourth-order valence-corrected chi connectivity index (χ4v) is 3.98. The number of benzene rings is 2. The third-order valence-corrected chi connectivity index (χ3v) is 5.38. The van der Waals surface area contributed by atoms with Gasteiger partial charge in [0, 0.05) is 5.92 Å². The van der Waals surface area contributed by atoms with Crippen molar-refractivity contribution in [3.05, 3.63) is 59.4 Å². The largest absolute Gasteiger partial charge is 0.489 e. The summed E-state index contributed by atoms with van der Waals surface area (Å²) in [4.78, 5) is 4.87. The summed E-state index contributed by atoms with van der Waals surface area (Å²) in [5.74, 6) is 2.18. The Morgan fingerprint density at radius 2 is 1.81 bits per heavy atom. The number of halogens is 2. The normalized spacial score (nSPS) is 15.6. The molecular weight excluding hydrogens is 383 g/mol. The summed E-state index contributed by atoms with van der Waals surface area (Å²) >= 11 is 6.12. The molecule has 2 aromatic carbocycles. The Bertz CT molecular complexity index is 891. The second kappa shape index (κ2) is 8.96. The molecule has 1 N–H and O–H groups in total. The Kier molecular flexibility index (Phi) is 6.64. The first kappa shape index (κ1) is 20.0. The maximum Gasteiger partial charge on any atom is 0.138 e. The topological polar surface area (TPSA) is 47.3 Å². The number of hydrogen-bond acceptors (Lipinski definition) is 3. The molecule has 1 aromatic heterocycles. The number of imidazole rings is 1. The van der Waals surface area contributed by atoms with E-state index in [1.54, 1.807) is 6.07 Å². The number of ether oxygens (including phenoxy) is 1. The molecule has 0 radical (unpaired) electrons. The fraction of sp³-hybridized carbons (Fsp3) is 0.381. The molecule has 144 valence electrons. The van der Waals surface area contributed by atoms with Crippen LogP contribution in [0.5, 0.6) is 5.75 Å². The highest BCUT2D eigenvalue weighted by molar-refractivity contribution is 6.32.